The maximum absolute atomic E-state index is 11.3. The summed E-state index contributed by atoms with van der Waals surface area (Å²) in [5.41, 5.74) is 0.367. The van der Waals surface area contributed by atoms with Gasteiger partial charge in [0.15, 0.2) is 0 Å². The van der Waals surface area contributed by atoms with Crippen LogP contribution >= 0.6 is 11.6 Å². The molecule has 0 aliphatic carbocycles. The Labute approximate surface area is 81.4 Å². The molecule has 1 amide bonds. The molecule has 13 heavy (non-hydrogen) atoms. The van der Waals surface area contributed by atoms with E-state index in [1.54, 1.807) is 0 Å². The summed E-state index contributed by atoms with van der Waals surface area (Å²) >= 11 is 5.60. The van der Waals surface area contributed by atoms with Crippen LogP contribution in [0.15, 0.2) is 28.9 Å². The highest BCUT2D eigenvalue weighted by atomic mass is 35.5. The molecule has 4 heteroatoms. The molecule has 1 rings (SSSR count). The fourth-order valence-electron chi connectivity index (χ4n) is 0.820. The van der Waals surface area contributed by atoms with Crippen LogP contribution in [0.2, 0.25) is 5.22 Å². The highest BCUT2D eigenvalue weighted by Gasteiger charge is 2.10. The Kier molecular flexibility index (Phi) is 3.58. The lowest BCUT2D eigenvalue weighted by Crippen LogP contribution is -2.22. The van der Waals surface area contributed by atoms with Crippen LogP contribution in [0, 0.1) is 0 Å². The summed E-state index contributed by atoms with van der Waals surface area (Å²) in [7, 11) is 0. The van der Waals surface area contributed by atoms with E-state index in [4.69, 9.17) is 16.0 Å². The normalized spacial score (nSPS) is 10.6. The summed E-state index contributed by atoms with van der Waals surface area (Å²) < 4.78 is 4.78. The van der Waals surface area contributed by atoms with Gasteiger partial charge in [0, 0.05) is 6.54 Å². The van der Waals surface area contributed by atoms with Crippen molar-refractivity contribution in [2.75, 3.05) is 6.54 Å². The van der Waals surface area contributed by atoms with Crippen molar-refractivity contribution < 1.29 is 9.21 Å². The van der Waals surface area contributed by atoms with E-state index in [2.05, 4.69) is 5.32 Å². The van der Waals surface area contributed by atoms with Gasteiger partial charge in [0.1, 0.15) is 0 Å². The maximum Gasteiger partial charge on any atom is 0.256 e. The topological polar surface area (TPSA) is 42.2 Å². The van der Waals surface area contributed by atoms with Crippen molar-refractivity contribution in [1.29, 1.82) is 0 Å². The maximum atomic E-state index is 11.3. The molecule has 1 N–H and O–H groups in total. The van der Waals surface area contributed by atoms with Crippen LogP contribution < -0.4 is 5.32 Å². The standard InChI is InChI=1S/C9H10ClNO2/c1-2-3-5-11-9(12)7-4-6-13-8(7)10/h2-4,6H,5H2,1H3,(H,11,12)/b3-2+. The molecule has 3 nitrogen and oxygen atoms in total. The second-order valence-electron chi connectivity index (χ2n) is 2.39. The molecule has 0 aromatic carbocycles. The van der Waals surface area contributed by atoms with Gasteiger partial charge in [0.25, 0.3) is 5.91 Å². The van der Waals surface area contributed by atoms with Crippen molar-refractivity contribution in [3.63, 3.8) is 0 Å². The van der Waals surface area contributed by atoms with Crippen molar-refractivity contribution in [3.8, 4) is 0 Å². The van der Waals surface area contributed by atoms with E-state index in [0.717, 1.165) is 0 Å². The van der Waals surface area contributed by atoms with Gasteiger partial charge in [-0.15, -0.1) is 0 Å². The number of carbonyl (C=O) groups excluding carboxylic acids is 1. The van der Waals surface area contributed by atoms with Crippen LogP contribution in [-0.2, 0) is 0 Å². The average Bonchev–Trinajstić information content (AvgIpc) is 2.52. The number of halogens is 1. The molecule has 0 radical (unpaired) electrons. The van der Waals surface area contributed by atoms with E-state index in [1.165, 1.54) is 12.3 Å². The summed E-state index contributed by atoms with van der Waals surface area (Å²) in [5, 5.41) is 2.78. The van der Waals surface area contributed by atoms with Gasteiger partial charge in [0.05, 0.1) is 11.8 Å². The van der Waals surface area contributed by atoms with Crippen LogP contribution in [0.1, 0.15) is 17.3 Å². The van der Waals surface area contributed by atoms with Crippen LogP contribution in [0.5, 0.6) is 0 Å². The molecule has 0 bridgehead atoms. The van der Waals surface area contributed by atoms with Gasteiger partial charge >= 0.3 is 0 Å². The number of carbonyl (C=O) groups is 1. The van der Waals surface area contributed by atoms with Crippen molar-refractivity contribution in [2.24, 2.45) is 0 Å². The molecule has 0 atom stereocenters. The Morgan fingerprint density at radius 1 is 1.77 bits per heavy atom. The van der Waals surface area contributed by atoms with Crippen molar-refractivity contribution >= 4 is 17.5 Å². The van der Waals surface area contributed by atoms with E-state index in [9.17, 15) is 4.79 Å². The first kappa shape index (κ1) is 9.86. The Morgan fingerprint density at radius 2 is 2.54 bits per heavy atom. The molecule has 1 aromatic heterocycles. The number of hydrogen-bond donors (Lipinski definition) is 1. The Balaban J connectivity index is 2.54. The summed E-state index contributed by atoms with van der Waals surface area (Å²) in [5.74, 6) is -0.225. The third-order valence-electron chi connectivity index (χ3n) is 1.48. The lowest BCUT2D eigenvalue weighted by atomic mass is 10.3. The van der Waals surface area contributed by atoms with E-state index in [0.29, 0.717) is 12.1 Å². The molecule has 0 aliphatic rings. The number of nitrogens with one attached hydrogen (secondary N) is 1. The molecule has 0 fully saturated rings. The average molecular weight is 200 g/mol. The summed E-state index contributed by atoms with van der Waals surface area (Å²) in [6.07, 6.45) is 5.08. The van der Waals surface area contributed by atoms with E-state index in [-0.39, 0.29) is 11.1 Å². The summed E-state index contributed by atoms with van der Waals surface area (Å²) in [6.45, 7) is 2.38. The zero-order valence-corrected chi connectivity index (χ0v) is 7.97. The summed E-state index contributed by atoms with van der Waals surface area (Å²) in [6, 6.07) is 1.54. The number of allylic oxidation sites excluding steroid dienone is 1. The molecule has 0 spiro atoms. The van der Waals surface area contributed by atoms with Gasteiger partial charge in [0.2, 0.25) is 5.22 Å². The first-order valence-electron chi connectivity index (χ1n) is 3.88. The fraction of sp³-hybridized carbons (Fsp3) is 0.222. The minimum absolute atomic E-state index is 0.123. The monoisotopic (exact) mass is 199 g/mol. The minimum Gasteiger partial charge on any atom is -0.452 e. The molecule has 0 saturated carbocycles. The minimum atomic E-state index is -0.225. The van der Waals surface area contributed by atoms with Gasteiger partial charge < -0.3 is 9.73 Å². The van der Waals surface area contributed by atoms with Gasteiger partial charge in [-0.1, -0.05) is 12.2 Å². The number of furan rings is 1. The first-order chi connectivity index (χ1) is 6.25. The molecule has 0 unspecified atom stereocenters. The SMILES string of the molecule is C/C=C/CNC(=O)c1ccoc1Cl. The predicted octanol–water partition coefficient (Wildman–Crippen LogP) is 2.24. The van der Waals surface area contributed by atoms with E-state index >= 15 is 0 Å². The quantitative estimate of drug-likeness (QED) is 0.759. The molecule has 0 saturated heterocycles. The Hall–Kier alpha value is -1.22. The van der Waals surface area contributed by atoms with Crippen molar-refractivity contribution in [2.45, 2.75) is 6.92 Å². The molecular weight excluding hydrogens is 190 g/mol. The molecule has 1 aromatic rings. The van der Waals surface area contributed by atoms with Gasteiger partial charge in [-0.2, -0.15) is 0 Å². The highest BCUT2D eigenvalue weighted by Crippen LogP contribution is 2.15. The van der Waals surface area contributed by atoms with Crippen LogP contribution in [-0.4, -0.2) is 12.5 Å². The molecular formula is C9H10ClNO2. The number of hydrogen-bond acceptors (Lipinski definition) is 2. The van der Waals surface area contributed by atoms with Crippen LogP contribution in [0.4, 0.5) is 0 Å². The second kappa shape index (κ2) is 4.72. The zero-order valence-electron chi connectivity index (χ0n) is 7.21. The Bertz CT molecular complexity index is 317. The predicted molar refractivity (Wildman–Crippen MR) is 50.9 cm³/mol. The lowest BCUT2D eigenvalue weighted by Gasteiger charge is -1.98. The van der Waals surface area contributed by atoms with Gasteiger partial charge in [-0.05, 0) is 24.6 Å². The smallest absolute Gasteiger partial charge is 0.256 e. The first-order valence-corrected chi connectivity index (χ1v) is 4.26. The fourth-order valence-corrected chi connectivity index (χ4v) is 1.02. The number of rotatable bonds is 3. The molecule has 1 heterocycles. The third kappa shape index (κ3) is 2.63. The van der Waals surface area contributed by atoms with E-state index in [1.807, 2.05) is 19.1 Å². The van der Waals surface area contributed by atoms with Gasteiger partial charge in [-0.3, -0.25) is 4.79 Å². The largest absolute Gasteiger partial charge is 0.452 e. The molecule has 70 valence electrons. The van der Waals surface area contributed by atoms with E-state index < -0.39 is 0 Å². The van der Waals surface area contributed by atoms with Crippen molar-refractivity contribution in [1.82, 2.24) is 5.32 Å². The second-order valence-corrected chi connectivity index (χ2v) is 2.73. The Morgan fingerprint density at radius 3 is 3.08 bits per heavy atom. The zero-order chi connectivity index (χ0) is 9.68. The number of amides is 1. The highest BCUT2D eigenvalue weighted by molar-refractivity contribution is 6.32. The van der Waals surface area contributed by atoms with Crippen LogP contribution in [0.25, 0.3) is 0 Å². The molecule has 0 aliphatic heterocycles. The lowest BCUT2D eigenvalue weighted by molar-refractivity contribution is 0.0957. The van der Waals surface area contributed by atoms with Crippen LogP contribution in [0.3, 0.4) is 0 Å². The summed E-state index contributed by atoms with van der Waals surface area (Å²) in [4.78, 5) is 11.3. The van der Waals surface area contributed by atoms with Crippen molar-refractivity contribution in [3.05, 3.63) is 35.3 Å². The van der Waals surface area contributed by atoms with Gasteiger partial charge in [-0.25, -0.2) is 0 Å². The third-order valence-corrected chi connectivity index (χ3v) is 1.77.